The Morgan fingerprint density at radius 2 is 1.80 bits per heavy atom. The zero-order valence-electron chi connectivity index (χ0n) is 6.20. The lowest BCUT2D eigenvalue weighted by molar-refractivity contribution is -0.886. The molecule has 0 radical (unpaired) electrons. The van der Waals surface area contributed by atoms with Gasteiger partial charge in [-0.15, -0.1) is 0 Å². The van der Waals surface area contributed by atoms with E-state index < -0.39 is 10.4 Å². The first-order valence-corrected chi connectivity index (χ1v) is 3.95. The molecule has 0 heterocycles. The summed E-state index contributed by atoms with van der Waals surface area (Å²) in [6.07, 6.45) is 0. The Hall–Kier alpha value is -0.170. The normalized spacial score (nSPS) is 13.6. The predicted octanol–water partition coefficient (Wildman–Crippen LogP) is -0.873. The van der Waals surface area contributed by atoms with Crippen molar-refractivity contribution in [3.8, 4) is 0 Å². The summed E-state index contributed by atoms with van der Waals surface area (Å²) >= 11 is 0. The molecule has 0 saturated carbocycles. The molecule has 62 valence electrons. The van der Waals surface area contributed by atoms with Crippen molar-refractivity contribution in [1.29, 1.82) is 0 Å². The lowest BCUT2D eigenvalue weighted by Crippen LogP contribution is -2.37. The zero-order valence-corrected chi connectivity index (χ0v) is 7.01. The number of rotatable bonds is 3. The van der Waals surface area contributed by atoms with E-state index in [1.807, 2.05) is 0 Å². The van der Waals surface area contributed by atoms with Gasteiger partial charge in [-0.2, -0.15) is 0 Å². The van der Waals surface area contributed by atoms with Crippen LogP contribution in [0, 0.1) is 0 Å². The molecule has 0 saturated heterocycles. The molecule has 0 aromatic rings. The van der Waals surface area contributed by atoms with Crippen LogP contribution in [0.5, 0.6) is 0 Å². The monoisotopic (exact) mass is 169 g/mol. The van der Waals surface area contributed by atoms with Gasteiger partial charge in [-0.05, 0) is 0 Å². The fraction of sp³-hybridized carbons (Fsp3) is 1.00. The van der Waals surface area contributed by atoms with E-state index in [-0.39, 0.29) is 11.2 Å². The molecule has 0 fully saturated rings. The van der Waals surface area contributed by atoms with E-state index in [0.717, 1.165) is 0 Å². The lowest BCUT2D eigenvalue weighted by atomic mass is 10.7. The number of quaternary nitrogens is 1. The Bertz CT molecular complexity index is 190. The van der Waals surface area contributed by atoms with Gasteiger partial charge in [-0.1, -0.05) is 0 Å². The average molecular weight is 169 g/mol. The summed E-state index contributed by atoms with van der Waals surface area (Å²) in [7, 11) is 0.617. The molecule has 0 rings (SSSR count). The van der Waals surface area contributed by atoms with Crippen LogP contribution in [-0.4, -0.2) is 45.3 Å². The second-order valence-electron chi connectivity index (χ2n) is 2.95. The van der Waals surface area contributed by atoms with Crippen molar-refractivity contribution in [2.45, 2.75) is 0 Å². The fourth-order valence-electron chi connectivity index (χ4n) is 0.223. The van der Waals surface area contributed by atoms with E-state index in [1.54, 1.807) is 21.1 Å². The summed E-state index contributed by atoms with van der Waals surface area (Å²) in [5.74, 6) is 0. The van der Waals surface area contributed by atoms with Crippen molar-refractivity contribution in [3.05, 3.63) is 0 Å². The van der Waals surface area contributed by atoms with Crippen LogP contribution < -0.4 is 0 Å². The quantitative estimate of drug-likeness (QED) is 0.238. The first-order valence-electron chi connectivity index (χ1n) is 2.61. The second-order valence-corrected chi connectivity index (χ2v) is 4.00. The van der Waals surface area contributed by atoms with Crippen molar-refractivity contribution < 1.29 is 21.6 Å². The molecular weight excluding hydrogens is 158 g/mol. The number of nitrogens with zero attached hydrogens (tertiary/aromatic N) is 1. The first kappa shape index (κ1) is 9.83. The van der Waals surface area contributed by atoms with Gasteiger partial charge in [0.2, 0.25) is 10.4 Å². The highest BCUT2D eigenvalue weighted by molar-refractivity contribution is 7.80. The van der Waals surface area contributed by atoms with Gasteiger partial charge < -0.3 is 9.04 Å². The van der Waals surface area contributed by atoms with Crippen molar-refractivity contribution in [1.82, 2.24) is 0 Å². The van der Waals surface area contributed by atoms with E-state index in [0.29, 0.717) is 0 Å². The van der Waals surface area contributed by atoms with E-state index in [4.69, 9.17) is 0 Å². The Kier molecular flexibility index (Phi) is 2.78. The van der Waals surface area contributed by atoms with Gasteiger partial charge in [0.15, 0.2) is 6.73 Å². The molecule has 0 spiro atoms. The highest BCUT2D eigenvalue weighted by Gasteiger charge is 2.08. The number of hydrogen-bond donors (Lipinski definition) is 0. The summed E-state index contributed by atoms with van der Waals surface area (Å²) in [6, 6.07) is 0. The molecule has 0 amide bonds. The van der Waals surface area contributed by atoms with E-state index >= 15 is 0 Å². The van der Waals surface area contributed by atoms with Crippen LogP contribution in [0.1, 0.15) is 0 Å². The highest BCUT2D eigenvalue weighted by atomic mass is 32.3. The third-order valence-electron chi connectivity index (χ3n) is 0.584. The minimum absolute atomic E-state index is 0.133. The van der Waals surface area contributed by atoms with Crippen LogP contribution in [0.25, 0.3) is 0 Å². The maximum Gasteiger partial charge on any atom is 0.222 e. The van der Waals surface area contributed by atoms with E-state index in [2.05, 4.69) is 4.18 Å². The van der Waals surface area contributed by atoms with Crippen LogP contribution in [0.3, 0.4) is 0 Å². The van der Waals surface area contributed by atoms with Gasteiger partial charge in [0.1, 0.15) is 0 Å². The summed E-state index contributed by atoms with van der Waals surface area (Å²) in [5.41, 5.74) is 0. The molecule has 6 heteroatoms. The smallest absolute Gasteiger partial charge is 0.222 e. The van der Waals surface area contributed by atoms with E-state index in [1.165, 1.54) is 0 Å². The third-order valence-corrected chi connectivity index (χ3v) is 0.978. The maximum absolute atomic E-state index is 9.89. The van der Waals surface area contributed by atoms with Crippen LogP contribution in [0.2, 0.25) is 0 Å². The van der Waals surface area contributed by atoms with Gasteiger partial charge in [0.05, 0.1) is 21.1 Å². The average Bonchev–Trinajstić information content (AvgIpc) is 1.57. The largest absolute Gasteiger partial charge is 0.725 e. The Labute approximate surface area is 60.8 Å². The van der Waals surface area contributed by atoms with Gasteiger partial charge in [-0.3, -0.25) is 0 Å². The van der Waals surface area contributed by atoms with Gasteiger partial charge >= 0.3 is 0 Å². The molecule has 0 aromatic carbocycles. The summed E-state index contributed by atoms with van der Waals surface area (Å²) in [4.78, 5) is 0. The Morgan fingerprint density at radius 3 is 1.90 bits per heavy atom. The third kappa shape index (κ3) is 7.83. The standard InChI is InChI=1S/C4H11NO4S/c1-5(2,3)4-9-10(6,7)8/h4H2,1-3H3. The van der Waals surface area contributed by atoms with Gasteiger partial charge in [0, 0.05) is 0 Å². The molecule has 0 aliphatic heterocycles. The molecule has 0 aliphatic carbocycles. The topological polar surface area (TPSA) is 66.4 Å². The summed E-state index contributed by atoms with van der Waals surface area (Å²) < 4.78 is 33.9. The van der Waals surface area contributed by atoms with Crippen molar-refractivity contribution in [3.63, 3.8) is 0 Å². The van der Waals surface area contributed by atoms with Gasteiger partial charge in [0.25, 0.3) is 0 Å². The van der Waals surface area contributed by atoms with E-state index in [9.17, 15) is 13.0 Å². The highest BCUT2D eigenvalue weighted by Crippen LogP contribution is 1.93. The molecule has 0 unspecified atom stereocenters. The van der Waals surface area contributed by atoms with Crippen LogP contribution in [0.4, 0.5) is 0 Å². The molecule has 0 aromatic heterocycles. The molecular formula is C4H11NO4S. The zero-order chi connectivity index (χ0) is 8.41. The second kappa shape index (κ2) is 2.83. The Balaban J connectivity index is 3.79. The maximum atomic E-state index is 9.89. The first-order chi connectivity index (χ1) is 4.21. The van der Waals surface area contributed by atoms with Crippen LogP contribution >= 0.6 is 0 Å². The molecule has 5 nitrogen and oxygen atoms in total. The Morgan fingerprint density at radius 1 is 1.40 bits per heavy atom. The van der Waals surface area contributed by atoms with Crippen LogP contribution in [-0.2, 0) is 14.6 Å². The lowest BCUT2D eigenvalue weighted by Gasteiger charge is -2.23. The predicted molar refractivity (Wildman–Crippen MR) is 33.7 cm³/mol. The molecule has 0 N–H and O–H groups in total. The molecule has 0 bridgehead atoms. The number of hydrogen-bond acceptors (Lipinski definition) is 4. The summed E-state index contributed by atoms with van der Waals surface area (Å²) in [6.45, 7) is -0.133. The molecule has 0 atom stereocenters. The molecule has 10 heavy (non-hydrogen) atoms. The van der Waals surface area contributed by atoms with Gasteiger partial charge in [-0.25, -0.2) is 12.6 Å². The molecule has 0 aliphatic rings. The minimum atomic E-state index is -4.52. The minimum Gasteiger partial charge on any atom is -0.725 e. The SMILES string of the molecule is C[N+](C)(C)COS(=O)(=O)[O-]. The van der Waals surface area contributed by atoms with Crippen molar-refractivity contribution in [2.24, 2.45) is 0 Å². The summed E-state index contributed by atoms with van der Waals surface area (Å²) in [5, 5.41) is 0. The van der Waals surface area contributed by atoms with Crippen molar-refractivity contribution >= 4 is 10.4 Å². The van der Waals surface area contributed by atoms with Crippen LogP contribution in [0.15, 0.2) is 0 Å². The van der Waals surface area contributed by atoms with Crippen molar-refractivity contribution in [2.75, 3.05) is 27.9 Å². The fourth-order valence-corrected chi connectivity index (χ4v) is 0.668.